The van der Waals surface area contributed by atoms with Crippen LogP contribution in [0.4, 0.5) is 27.5 Å². The first kappa shape index (κ1) is 31.6. The van der Waals surface area contributed by atoms with E-state index in [-0.39, 0.29) is 39.7 Å². The molecule has 2 aliphatic heterocycles. The molecule has 1 aromatic heterocycles. The second-order valence-corrected chi connectivity index (χ2v) is 11.2. The number of hydrogen-bond acceptors (Lipinski definition) is 11. The van der Waals surface area contributed by atoms with Crippen molar-refractivity contribution in [3.63, 3.8) is 0 Å². The Morgan fingerprint density at radius 3 is 2.45 bits per heavy atom. The van der Waals surface area contributed by atoms with Gasteiger partial charge in [-0.2, -0.15) is 0 Å². The van der Waals surface area contributed by atoms with Crippen LogP contribution in [0.5, 0.6) is 5.75 Å². The van der Waals surface area contributed by atoms with Gasteiger partial charge in [-0.05, 0) is 48.5 Å². The predicted octanol–water partition coefficient (Wildman–Crippen LogP) is 4.01. The van der Waals surface area contributed by atoms with Crippen molar-refractivity contribution in [3.8, 4) is 17.0 Å². The molecule has 15 nitrogen and oxygen atoms in total. The molecular formula is C31H30ClN8O7-. The summed E-state index contributed by atoms with van der Waals surface area (Å²) in [4.78, 5) is 43.8. The fourth-order valence-corrected chi connectivity index (χ4v) is 5.86. The quantitative estimate of drug-likeness (QED) is 0.262. The lowest BCUT2D eigenvalue weighted by molar-refractivity contribution is 0.0736. The van der Waals surface area contributed by atoms with Gasteiger partial charge in [-0.1, -0.05) is 28.9 Å². The van der Waals surface area contributed by atoms with Gasteiger partial charge in [0.25, 0.3) is 11.8 Å². The lowest BCUT2D eigenvalue weighted by Crippen LogP contribution is -2.49. The molecule has 0 aliphatic carbocycles. The summed E-state index contributed by atoms with van der Waals surface area (Å²) >= 11 is 6.56. The summed E-state index contributed by atoms with van der Waals surface area (Å²) in [6, 6.07) is 16.3. The molecule has 0 unspecified atom stereocenters. The second kappa shape index (κ2) is 13.2. The van der Waals surface area contributed by atoms with Crippen LogP contribution < -0.4 is 25.1 Å². The number of rotatable bonds is 8. The number of carbonyl (C=O) groups excluding carboxylic acids is 3. The average molecular weight is 662 g/mol. The molecule has 0 bridgehead atoms. The van der Waals surface area contributed by atoms with Gasteiger partial charge in [0, 0.05) is 50.0 Å². The third-order valence-corrected chi connectivity index (χ3v) is 8.32. The number of nitrogens with zero attached hydrogens (tertiary/aromatic N) is 7. The zero-order valence-corrected chi connectivity index (χ0v) is 26.2. The molecule has 2 fully saturated rings. The molecule has 3 heterocycles. The summed E-state index contributed by atoms with van der Waals surface area (Å²) in [5.74, 6) is -0.233. The molecule has 244 valence electrons. The molecule has 3 aromatic carbocycles. The minimum absolute atomic E-state index is 0.0278. The maximum atomic E-state index is 13.7. The molecule has 2 aliphatic rings. The Labute approximate surface area is 274 Å². The van der Waals surface area contributed by atoms with Crippen LogP contribution in [-0.2, 0) is 11.8 Å². The van der Waals surface area contributed by atoms with E-state index in [0.717, 1.165) is 0 Å². The van der Waals surface area contributed by atoms with Gasteiger partial charge in [-0.15, -0.1) is 5.10 Å². The first-order chi connectivity index (χ1) is 22.7. The van der Waals surface area contributed by atoms with Crippen LogP contribution in [0.3, 0.4) is 0 Å². The highest BCUT2D eigenvalue weighted by Crippen LogP contribution is 2.38. The van der Waals surface area contributed by atoms with E-state index in [9.17, 15) is 24.8 Å². The number of halogens is 1. The van der Waals surface area contributed by atoms with E-state index in [4.69, 9.17) is 21.1 Å². The summed E-state index contributed by atoms with van der Waals surface area (Å²) < 4.78 is 11.9. The highest BCUT2D eigenvalue weighted by molar-refractivity contribution is 6.34. The average Bonchev–Trinajstić information content (AvgIpc) is 3.69. The number of hydrogen-bond donors (Lipinski definition) is 2. The first-order valence-corrected chi connectivity index (χ1v) is 15.0. The number of carbonyl (C=O) groups is 3. The van der Waals surface area contributed by atoms with Gasteiger partial charge < -0.3 is 35.0 Å². The number of nitrogens with one attached hydrogen (secondary N) is 1. The number of methoxy groups -OCH3 is 1. The molecule has 0 spiro atoms. The van der Waals surface area contributed by atoms with Gasteiger partial charge in [-0.3, -0.25) is 19.7 Å². The molecule has 4 aromatic rings. The van der Waals surface area contributed by atoms with Crippen molar-refractivity contribution in [2.75, 3.05) is 66.8 Å². The van der Waals surface area contributed by atoms with Crippen molar-refractivity contribution in [1.29, 1.82) is 0 Å². The summed E-state index contributed by atoms with van der Waals surface area (Å²) in [5, 5.41) is 32.6. The van der Waals surface area contributed by atoms with Gasteiger partial charge in [0.15, 0.2) is 5.69 Å². The lowest BCUT2D eigenvalue weighted by Gasteiger charge is -2.37. The van der Waals surface area contributed by atoms with Crippen LogP contribution in [-0.4, -0.2) is 89.4 Å². The fourth-order valence-electron chi connectivity index (χ4n) is 5.59. The number of benzene rings is 3. The number of anilines is 4. The van der Waals surface area contributed by atoms with Crippen LogP contribution in [0.2, 0.25) is 5.02 Å². The van der Waals surface area contributed by atoms with Crippen molar-refractivity contribution in [1.82, 2.24) is 19.9 Å². The number of ether oxygens (including phenoxy) is 2. The zero-order chi connectivity index (χ0) is 33.2. The number of para-hydroxylation sites is 1. The molecule has 3 amide bonds. The normalized spacial score (nSPS) is 14.7. The van der Waals surface area contributed by atoms with Crippen molar-refractivity contribution >= 4 is 52.3 Å². The van der Waals surface area contributed by atoms with E-state index in [1.165, 1.54) is 33.8 Å². The Kier molecular flexibility index (Phi) is 8.84. The number of cyclic esters (lactones) is 1. The molecular weight excluding hydrogens is 632 g/mol. The monoisotopic (exact) mass is 661 g/mol. The van der Waals surface area contributed by atoms with Crippen LogP contribution >= 0.6 is 11.6 Å². The Morgan fingerprint density at radius 1 is 1.06 bits per heavy atom. The smallest absolute Gasteiger partial charge is 0.414 e. The number of piperazine rings is 1. The van der Waals surface area contributed by atoms with Crippen LogP contribution in [0, 0.1) is 5.21 Å². The van der Waals surface area contributed by atoms with E-state index >= 15 is 0 Å². The fraction of sp³-hybridized carbons (Fsp3) is 0.258. The van der Waals surface area contributed by atoms with E-state index < -0.39 is 12.0 Å². The predicted molar refractivity (Wildman–Crippen MR) is 173 cm³/mol. The van der Waals surface area contributed by atoms with Gasteiger partial charge in [0.2, 0.25) is 0 Å². The van der Waals surface area contributed by atoms with Crippen molar-refractivity contribution < 1.29 is 29.1 Å². The SMILES string of the molecule is COc1ccccc1-c1nnn(C)c1C(=O)N1CCN(c2cc(NC(=O)c3ccc(N4CCOC4=O)cc3)c(N([O-])O)cc2Cl)CC1. The molecule has 0 atom stereocenters. The van der Waals surface area contributed by atoms with Crippen molar-refractivity contribution in [2.45, 2.75) is 0 Å². The minimum Gasteiger partial charge on any atom is -0.733 e. The first-order valence-electron chi connectivity index (χ1n) is 14.6. The summed E-state index contributed by atoms with van der Waals surface area (Å²) in [6.07, 6.45) is -0.462. The minimum atomic E-state index is -0.553. The van der Waals surface area contributed by atoms with Gasteiger partial charge in [0.1, 0.15) is 18.1 Å². The largest absolute Gasteiger partial charge is 0.733 e. The van der Waals surface area contributed by atoms with Gasteiger partial charge >= 0.3 is 6.09 Å². The summed E-state index contributed by atoms with van der Waals surface area (Å²) in [5.41, 5.74) is 2.48. The number of aryl methyl sites for hydroxylation is 1. The Balaban J connectivity index is 1.18. The summed E-state index contributed by atoms with van der Waals surface area (Å²) in [6.45, 7) is 2.12. The van der Waals surface area contributed by atoms with Crippen LogP contribution in [0.15, 0.2) is 60.7 Å². The third-order valence-electron chi connectivity index (χ3n) is 8.02. The molecule has 2 N–H and O–H groups in total. The highest BCUT2D eigenvalue weighted by Gasteiger charge is 2.30. The molecule has 0 saturated carbocycles. The lowest BCUT2D eigenvalue weighted by atomic mass is 10.1. The maximum Gasteiger partial charge on any atom is 0.414 e. The topological polar surface area (TPSA) is 169 Å². The maximum absolute atomic E-state index is 13.7. The second-order valence-electron chi connectivity index (χ2n) is 10.8. The van der Waals surface area contributed by atoms with E-state index in [1.807, 2.05) is 23.1 Å². The zero-order valence-electron chi connectivity index (χ0n) is 25.4. The molecule has 0 radical (unpaired) electrons. The molecule has 6 rings (SSSR count). The van der Waals surface area contributed by atoms with Crippen LogP contribution in [0.1, 0.15) is 20.8 Å². The Bertz CT molecular complexity index is 1820. The number of aromatic nitrogens is 3. The summed E-state index contributed by atoms with van der Waals surface area (Å²) in [7, 11) is 3.21. The van der Waals surface area contributed by atoms with Crippen molar-refractivity contribution in [3.05, 3.63) is 82.2 Å². The van der Waals surface area contributed by atoms with E-state index in [2.05, 4.69) is 15.6 Å². The Hall–Kier alpha value is -5.38. The highest BCUT2D eigenvalue weighted by atomic mass is 35.5. The Morgan fingerprint density at radius 2 is 1.79 bits per heavy atom. The van der Waals surface area contributed by atoms with Crippen LogP contribution in [0.25, 0.3) is 11.3 Å². The molecule has 16 heteroatoms. The van der Waals surface area contributed by atoms with Gasteiger partial charge in [-0.25, -0.2) is 9.48 Å². The van der Waals surface area contributed by atoms with E-state index in [0.29, 0.717) is 66.8 Å². The van der Waals surface area contributed by atoms with Crippen molar-refractivity contribution in [2.24, 2.45) is 7.05 Å². The van der Waals surface area contributed by atoms with Gasteiger partial charge in [0.05, 0.1) is 35.7 Å². The molecule has 2 saturated heterocycles. The van der Waals surface area contributed by atoms with E-state index in [1.54, 1.807) is 37.3 Å². The number of amides is 3. The third kappa shape index (κ3) is 6.23. The molecule has 47 heavy (non-hydrogen) atoms. The standard InChI is InChI=1S/C31H30ClN8O7/c1-36-28(27(34-35-36)21-5-3-4-6-26(21)46-2)30(42)38-13-11-37(12-14-38)24-18-23(25(40(44)45)17-22(24)32)33-29(41)19-7-9-20(10-8-19)39-15-16-47-31(39)43/h3-10,17-18,44H,11-16H2,1-2H3,(H,33,41)/q-1.